The quantitative estimate of drug-likeness (QED) is 0.926. The number of amides is 1. The molecule has 0 aliphatic rings. The summed E-state index contributed by atoms with van der Waals surface area (Å²) in [6.07, 6.45) is 3.96. The van der Waals surface area contributed by atoms with Crippen LogP contribution in [0.5, 0.6) is 0 Å². The summed E-state index contributed by atoms with van der Waals surface area (Å²) in [5.74, 6) is -0.0438. The summed E-state index contributed by atoms with van der Waals surface area (Å²) in [6, 6.07) is 9.70. The molecular formula is C14H15BrN2O. The van der Waals surface area contributed by atoms with Gasteiger partial charge in [0.2, 0.25) is 0 Å². The molecule has 2 aromatic rings. The number of carbonyl (C=O) groups excluding carboxylic acids is 1. The molecule has 0 saturated carbocycles. The van der Waals surface area contributed by atoms with E-state index in [9.17, 15) is 4.79 Å². The summed E-state index contributed by atoms with van der Waals surface area (Å²) in [7, 11) is 0. The lowest BCUT2D eigenvalue weighted by atomic mass is 10.1. The van der Waals surface area contributed by atoms with Gasteiger partial charge >= 0.3 is 0 Å². The summed E-state index contributed by atoms with van der Waals surface area (Å²) in [5, 5.41) is 2.92. The van der Waals surface area contributed by atoms with Crippen LogP contribution in [0.4, 0.5) is 0 Å². The number of carbonyl (C=O) groups is 1. The van der Waals surface area contributed by atoms with E-state index in [-0.39, 0.29) is 5.91 Å². The van der Waals surface area contributed by atoms with Crippen LogP contribution in [0.3, 0.4) is 0 Å². The van der Waals surface area contributed by atoms with Crippen molar-refractivity contribution in [3.05, 3.63) is 58.3 Å². The fourth-order valence-electron chi connectivity index (χ4n) is 1.73. The Labute approximate surface area is 115 Å². The third kappa shape index (κ3) is 3.23. The van der Waals surface area contributed by atoms with Crippen LogP contribution < -0.4 is 5.32 Å². The van der Waals surface area contributed by atoms with E-state index in [1.54, 1.807) is 0 Å². The maximum absolute atomic E-state index is 12.0. The van der Waals surface area contributed by atoms with Gasteiger partial charge in [-0.15, -0.1) is 0 Å². The lowest BCUT2D eigenvalue weighted by Crippen LogP contribution is -2.27. The molecule has 1 aromatic carbocycles. The molecule has 3 nitrogen and oxygen atoms in total. The molecule has 4 heteroatoms. The minimum Gasteiger partial charge on any atom is -0.353 e. The molecule has 1 amide bonds. The Kier molecular flexibility index (Phi) is 4.20. The highest BCUT2D eigenvalue weighted by molar-refractivity contribution is 9.10. The van der Waals surface area contributed by atoms with Gasteiger partial charge in [-0.3, -0.25) is 4.79 Å². The molecule has 1 aromatic heterocycles. The topological polar surface area (TPSA) is 34.0 Å². The molecule has 1 heterocycles. The van der Waals surface area contributed by atoms with E-state index in [0.717, 1.165) is 16.6 Å². The molecule has 0 radical (unpaired) electrons. The minimum atomic E-state index is -0.0438. The van der Waals surface area contributed by atoms with E-state index in [1.807, 2.05) is 54.2 Å². The zero-order valence-electron chi connectivity index (χ0n) is 10.2. The van der Waals surface area contributed by atoms with Crippen molar-refractivity contribution in [3.8, 4) is 0 Å². The highest BCUT2D eigenvalue weighted by Crippen LogP contribution is 2.17. The lowest BCUT2D eigenvalue weighted by Gasteiger charge is -2.08. The van der Waals surface area contributed by atoms with Gasteiger partial charge in [-0.25, -0.2) is 0 Å². The van der Waals surface area contributed by atoms with Crippen molar-refractivity contribution in [1.82, 2.24) is 9.88 Å². The van der Waals surface area contributed by atoms with Gasteiger partial charge < -0.3 is 9.88 Å². The number of benzene rings is 1. The van der Waals surface area contributed by atoms with Gasteiger partial charge in [-0.05, 0) is 47.1 Å². The summed E-state index contributed by atoms with van der Waals surface area (Å²) in [4.78, 5) is 12.0. The average Bonchev–Trinajstić information content (AvgIpc) is 2.85. The number of rotatable bonds is 4. The number of halogens is 1. The van der Waals surface area contributed by atoms with Gasteiger partial charge in [0.25, 0.3) is 5.91 Å². The standard InChI is InChI=1S/C14H15BrN2O/c1-11-4-5-13(15)12(10-11)14(18)16-6-9-17-7-2-3-8-17/h2-5,7-8,10H,6,9H2,1H3,(H,16,18). The number of aryl methyl sites for hydroxylation is 1. The van der Waals surface area contributed by atoms with E-state index < -0.39 is 0 Å². The van der Waals surface area contributed by atoms with Crippen LogP contribution in [0.2, 0.25) is 0 Å². The first-order chi connectivity index (χ1) is 8.66. The van der Waals surface area contributed by atoms with Crippen LogP contribution in [0.25, 0.3) is 0 Å². The van der Waals surface area contributed by atoms with E-state index in [0.29, 0.717) is 12.1 Å². The summed E-state index contributed by atoms with van der Waals surface area (Å²) < 4.78 is 2.86. The molecule has 0 atom stereocenters. The van der Waals surface area contributed by atoms with Crippen molar-refractivity contribution in [1.29, 1.82) is 0 Å². The zero-order valence-corrected chi connectivity index (χ0v) is 11.8. The largest absolute Gasteiger partial charge is 0.353 e. The molecule has 0 spiro atoms. The fraction of sp³-hybridized carbons (Fsp3) is 0.214. The van der Waals surface area contributed by atoms with Gasteiger partial charge in [0.1, 0.15) is 0 Å². The second-order valence-corrected chi connectivity index (χ2v) is 5.01. The predicted octanol–water partition coefficient (Wildman–Crippen LogP) is 2.99. The molecule has 0 aliphatic heterocycles. The van der Waals surface area contributed by atoms with Crippen LogP contribution in [-0.4, -0.2) is 17.0 Å². The molecule has 1 N–H and O–H groups in total. The molecule has 94 valence electrons. The Bertz CT molecular complexity index is 535. The second-order valence-electron chi connectivity index (χ2n) is 4.16. The Morgan fingerprint density at radius 3 is 2.78 bits per heavy atom. The van der Waals surface area contributed by atoms with Crippen molar-refractivity contribution >= 4 is 21.8 Å². The predicted molar refractivity (Wildman–Crippen MR) is 75.6 cm³/mol. The Morgan fingerprint density at radius 2 is 2.06 bits per heavy atom. The van der Waals surface area contributed by atoms with Crippen LogP contribution in [0, 0.1) is 6.92 Å². The molecule has 0 unspecified atom stereocenters. The first-order valence-corrected chi connectivity index (χ1v) is 6.61. The lowest BCUT2D eigenvalue weighted by molar-refractivity contribution is 0.0951. The van der Waals surface area contributed by atoms with E-state index in [1.165, 1.54) is 0 Å². The fourth-order valence-corrected chi connectivity index (χ4v) is 2.15. The SMILES string of the molecule is Cc1ccc(Br)c(C(=O)NCCn2cccc2)c1. The number of hydrogen-bond donors (Lipinski definition) is 1. The number of nitrogens with one attached hydrogen (secondary N) is 1. The summed E-state index contributed by atoms with van der Waals surface area (Å²) >= 11 is 3.40. The molecule has 18 heavy (non-hydrogen) atoms. The van der Waals surface area contributed by atoms with E-state index in [4.69, 9.17) is 0 Å². The molecule has 0 bridgehead atoms. The van der Waals surface area contributed by atoms with Crippen LogP contribution in [0.15, 0.2) is 47.2 Å². The highest BCUT2D eigenvalue weighted by atomic mass is 79.9. The molecule has 0 saturated heterocycles. The highest BCUT2D eigenvalue weighted by Gasteiger charge is 2.09. The smallest absolute Gasteiger partial charge is 0.252 e. The molecule has 2 rings (SSSR count). The van der Waals surface area contributed by atoms with Crippen molar-refractivity contribution in [2.45, 2.75) is 13.5 Å². The number of hydrogen-bond acceptors (Lipinski definition) is 1. The Hall–Kier alpha value is -1.55. The van der Waals surface area contributed by atoms with Gasteiger partial charge in [0.05, 0.1) is 5.56 Å². The summed E-state index contributed by atoms with van der Waals surface area (Å²) in [5.41, 5.74) is 1.76. The van der Waals surface area contributed by atoms with Crippen LogP contribution in [-0.2, 0) is 6.54 Å². The first kappa shape index (κ1) is 12.9. The maximum Gasteiger partial charge on any atom is 0.252 e. The average molecular weight is 307 g/mol. The van der Waals surface area contributed by atoms with Crippen LogP contribution in [0.1, 0.15) is 15.9 Å². The van der Waals surface area contributed by atoms with Crippen molar-refractivity contribution in [2.75, 3.05) is 6.54 Å². The van der Waals surface area contributed by atoms with Gasteiger partial charge in [-0.2, -0.15) is 0 Å². The van der Waals surface area contributed by atoms with E-state index >= 15 is 0 Å². The second kappa shape index (κ2) is 5.87. The summed E-state index contributed by atoms with van der Waals surface area (Å²) in [6.45, 7) is 3.37. The zero-order chi connectivity index (χ0) is 13.0. The van der Waals surface area contributed by atoms with Gasteiger partial charge in [0, 0.05) is 30.0 Å². The number of aromatic nitrogens is 1. The third-order valence-electron chi connectivity index (χ3n) is 2.69. The molecule has 0 aliphatic carbocycles. The van der Waals surface area contributed by atoms with Gasteiger partial charge in [0.15, 0.2) is 0 Å². The maximum atomic E-state index is 12.0. The van der Waals surface area contributed by atoms with E-state index in [2.05, 4.69) is 21.2 Å². The first-order valence-electron chi connectivity index (χ1n) is 5.82. The number of nitrogens with zero attached hydrogens (tertiary/aromatic N) is 1. The molecular weight excluding hydrogens is 292 g/mol. The van der Waals surface area contributed by atoms with Gasteiger partial charge in [-0.1, -0.05) is 11.6 Å². The molecule has 0 fully saturated rings. The van der Waals surface area contributed by atoms with Crippen molar-refractivity contribution in [2.24, 2.45) is 0 Å². The Morgan fingerprint density at radius 1 is 1.33 bits per heavy atom. The van der Waals surface area contributed by atoms with Crippen LogP contribution >= 0.6 is 15.9 Å². The monoisotopic (exact) mass is 306 g/mol. The minimum absolute atomic E-state index is 0.0438. The normalized spacial score (nSPS) is 10.3. The Balaban J connectivity index is 1.93. The van der Waals surface area contributed by atoms with Crippen molar-refractivity contribution in [3.63, 3.8) is 0 Å². The third-order valence-corrected chi connectivity index (χ3v) is 3.38. The van der Waals surface area contributed by atoms with Crippen molar-refractivity contribution < 1.29 is 4.79 Å².